The van der Waals surface area contributed by atoms with Crippen molar-refractivity contribution in [1.82, 2.24) is 10.6 Å². The number of nitrogens with one attached hydrogen (secondary N) is 2. The minimum Gasteiger partial charge on any atom is -0.496 e. The minimum atomic E-state index is -0.455. The summed E-state index contributed by atoms with van der Waals surface area (Å²) in [5.41, 5.74) is 1.72. The topological polar surface area (TPSA) is 50.4 Å². The Kier molecular flexibility index (Phi) is 6.69. The molecule has 22 heavy (non-hydrogen) atoms. The van der Waals surface area contributed by atoms with Crippen molar-refractivity contribution in [2.24, 2.45) is 0 Å². The lowest BCUT2D eigenvalue weighted by atomic mass is 9.89. The van der Waals surface area contributed by atoms with Crippen LogP contribution in [0.4, 0.5) is 0 Å². The van der Waals surface area contributed by atoms with Crippen LogP contribution in [-0.2, 0) is 4.79 Å². The summed E-state index contributed by atoms with van der Waals surface area (Å²) in [6.45, 7) is 6.94. The largest absolute Gasteiger partial charge is 0.496 e. The zero-order valence-electron chi connectivity index (χ0n) is 13.9. The van der Waals surface area contributed by atoms with Crippen LogP contribution in [0.25, 0.3) is 0 Å². The molecule has 1 fully saturated rings. The van der Waals surface area contributed by atoms with Crippen LogP contribution in [0.15, 0.2) is 18.2 Å². The van der Waals surface area contributed by atoms with Crippen LogP contribution in [0.3, 0.4) is 0 Å². The molecule has 124 valence electrons. The van der Waals surface area contributed by atoms with Crippen LogP contribution in [0.1, 0.15) is 50.3 Å². The van der Waals surface area contributed by atoms with E-state index < -0.39 is 5.54 Å². The van der Waals surface area contributed by atoms with Crippen LogP contribution in [0.2, 0.25) is 0 Å². The van der Waals surface area contributed by atoms with Crippen LogP contribution in [0, 0.1) is 6.92 Å². The highest BCUT2D eigenvalue weighted by Crippen LogP contribution is 2.27. The van der Waals surface area contributed by atoms with E-state index in [0.717, 1.165) is 42.7 Å². The molecule has 2 N–H and O–H groups in total. The average molecular weight is 327 g/mol. The highest BCUT2D eigenvalue weighted by molar-refractivity contribution is 5.86. The van der Waals surface area contributed by atoms with E-state index >= 15 is 0 Å². The zero-order chi connectivity index (χ0) is 15.5. The third kappa shape index (κ3) is 4.14. The van der Waals surface area contributed by atoms with Gasteiger partial charge in [0.2, 0.25) is 5.91 Å². The number of methoxy groups -OCH3 is 1. The van der Waals surface area contributed by atoms with Gasteiger partial charge in [0.25, 0.3) is 0 Å². The molecule has 2 rings (SSSR count). The maximum atomic E-state index is 12.6. The molecule has 0 spiro atoms. The standard InChI is InChI=1S/C17H26N2O2.ClH/c1-12-7-8-15(21-4)14(11-12)13(2)19-16(20)17(3)9-5-6-10-18-17;/h7-8,11,13,18H,5-6,9-10H2,1-4H3,(H,19,20);1H. The summed E-state index contributed by atoms with van der Waals surface area (Å²) >= 11 is 0. The van der Waals surface area contributed by atoms with Crippen molar-refractivity contribution in [2.45, 2.75) is 51.6 Å². The van der Waals surface area contributed by atoms with Gasteiger partial charge in [-0.05, 0) is 52.6 Å². The third-order valence-electron chi connectivity index (χ3n) is 4.32. The Labute approximate surface area is 139 Å². The predicted octanol–water partition coefficient (Wildman–Crippen LogP) is 3.13. The van der Waals surface area contributed by atoms with Gasteiger partial charge in [-0.15, -0.1) is 12.4 Å². The molecule has 1 aliphatic heterocycles. The van der Waals surface area contributed by atoms with Crippen molar-refractivity contribution in [3.8, 4) is 5.75 Å². The number of piperidine rings is 1. The predicted molar refractivity (Wildman–Crippen MR) is 91.8 cm³/mol. The summed E-state index contributed by atoms with van der Waals surface area (Å²) in [6, 6.07) is 5.96. The minimum absolute atomic E-state index is 0. The van der Waals surface area contributed by atoms with Gasteiger partial charge in [-0.25, -0.2) is 0 Å². The molecule has 1 amide bonds. The number of carbonyl (C=O) groups is 1. The van der Waals surface area contributed by atoms with Gasteiger partial charge in [0.1, 0.15) is 5.75 Å². The second kappa shape index (κ2) is 7.84. The molecule has 0 aromatic heterocycles. The van der Waals surface area contributed by atoms with Gasteiger partial charge in [0.15, 0.2) is 0 Å². The molecule has 1 saturated heterocycles. The van der Waals surface area contributed by atoms with Gasteiger partial charge in [0, 0.05) is 5.56 Å². The monoisotopic (exact) mass is 326 g/mol. The van der Waals surface area contributed by atoms with Crippen molar-refractivity contribution in [3.63, 3.8) is 0 Å². The summed E-state index contributed by atoms with van der Waals surface area (Å²) in [5.74, 6) is 0.883. The average Bonchev–Trinajstić information content (AvgIpc) is 2.47. The highest BCUT2D eigenvalue weighted by Gasteiger charge is 2.35. The smallest absolute Gasteiger partial charge is 0.240 e. The lowest BCUT2D eigenvalue weighted by Gasteiger charge is -2.34. The van der Waals surface area contributed by atoms with Gasteiger partial charge in [-0.1, -0.05) is 17.7 Å². The molecule has 0 bridgehead atoms. The second-order valence-electron chi connectivity index (χ2n) is 6.16. The summed E-state index contributed by atoms with van der Waals surface area (Å²) < 4.78 is 5.41. The van der Waals surface area contributed by atoms with Crippen molar-refractivity contribution in [3.05, 3.63) is 29.3 Å². The van der Waals surface area contributed by atoms with E-state index in [-0.39, 0.29) is 24.4 Å². The number of benzene rings is 1. The third-order valence-corrected chi connectivity index (χ3v) is 4.32. The van der Waals surface area contributed by atoms with E-state index in [1.807, 2.05) is 32.9 Å². The van der Waals surface area contributed by atoms with Crippen molar-refractivity contribution in [1.29, 1.82) is 0 Å². The Balaban J connectivity index is 0.00000242. The zero-order valence-corrected chi connectivity index (χ0v) is 14.7. The highest BCUT2D eigenvalue weighted by atomic mass is 35.5. The number of rotatable bonds is 4. The first-order chi connectivity index (χ1) is 9.96. The van der Waals surface area contributed by atoms with Crippen molar-refractivity contribution >= 4 is 18.3 Å². The number of ether oxygens (including phenoxy) is 1. The molecule has 1 aliphatic rings. The maximum absolute atomic E-state index is 12.6. The van der Waals surface area contributed by atoms with Crippen LogP contribution in [-0.4, -0.2) is 25.1 Å². The normalized spacial score (nSPS) is 22.4. The molecule has 5 heteroatoms. The second-order valence-corrected chi connectivity index (χ2v) is 6.16. The molecule has 2 atom stereocenters. The quantitative estimate of drug-likeness (QED) is 0.893. The van der Waals surface area contributed by atoms with Crippen LogP contribution < -0.4 is 15.4 Å². The lowest BCUT2D eigenvalue weighted by molar-refractivity contribution is -0.128. The van der Waals surface area contributed by atoms with Gasteiger partial charge in [0.05, 0.1) is 18.7 Å². The summed E-state index contributed by atoms with van der Waals surface area (Å²) in [5, 5.41) is 6.48. The Bertz CT molecular complexity index is 513. The molecule has 0 saturated carbocycles. The molecule has 1 aromatic carbocycles. The summed E-state index contributed by atoms with van der Waals surface area (Å²) in [4.78, 5) is 12.6. The molecule has 4 nitrogen and oxygen atoms in total. The van der Waals surface area contributed by atoms with Crippen LogP contribution in [0.5, 0.6) is 5.75 Å². The van der Waals surface area contributed by atoms with E-state index in [1.54, 1.807) is 7.11 Å². The summed E-state index contributed by atoms with van der Waals surface area (Å²) in [6.07, 6.45) is 3.12. The molecular weight excluding hydrogens is 300 g/mol. The molecule has 0 radical (unpaired) electrons. The number of hydrogen-bond acceptors (Lipinski definition) is 3. The Morgan fingerprint density at radius 1 is 1.41 bits per heavy atom. The van der Waals surface area contributed by atoms with Gasteiger partial charge >= 0.3 is 0 Å². The van der Waals surface area contributed by atoms with Gasteiger partial charge in [-0.2, -0.15) is 0 Å². The molecule has 0 aliphatic carbocycles. The van der Waals surface area contributed by atoms with Gasteiger partial charge < -0.3 is 15.4 Å². The maximum Gasteiger partial charge on any atom is 0.240 e. The Morgan fingerprint density at radius 3 is 2.73 bits per heavy atom. The van der Waals surface area contributed by atoms with E-state index in [9.17, 15) is 4.79 Å². The fourth-order valence-electron chi connectivity index (χ4n) is 2.88. The first-order valence-electron chi connectivity index (χ1n) is 7.67. The molecule has 1 aromatic rings. The van der Waals surface area contributed by atoms with Crippen molar-refractivity contribution in [2.75, 3.05) is 13.7 Å². The Hall–Kier alpha value is -1.26. The number of carbonyl (C=O) groups excluding carboxylic acids is 1. The Morgan fingerprint density at radius 2 is 2.14 bits per heavy atom. The van der Waals surface area contributed by atoms with E-state index in [4.69, 9.17) is 4.74 Å². The lowest BCUT2D eigenvalue weighted by Crippen LogP contribution is -2.57. The first-order valence-corrected chi connectivity index (χ1v) is 7.67. The van der Waals surface area contributed by atoms with E-state index in [2.05, 4.69) is 16.7 Å². The van der Waals surface area contributed by atoms with Crippen LogP contribution >= 0.6 is 12.4 Å². The number of halogens is 1. The number of aryl methyl sites for hydroxylation is 1. The SMILES string of the molecule is COc1ccc(C)cc1C(C)NC(=O)C1(C)CCCCN1.Cl. The number of amides is 1. The van der Waals surface area contributed by atoms with E-state index in [0.29, 0.717) is 0 Å². The first kappa shape index (κ1) is 18.8. The number of hydrogen-bond donors (Lipinski definition) is 2. The van der Waals surface area contributed by atoms with E-state index in [1.165, 1.54) is 0 Å². The fourth-order valence-corrected chi connectivity index (χ4v) is 2.88. The molecular formula is C17H27ClN2O2. The van der Waals surface area contributed by atoms with Crippen molar-refractivity contribution < 1.29 is 9.53 Å². The molecule has 2 unspecified atom stereocenters. The van der Waals surface area contributed by atoms with Gasteiger partial charge in [-0.3, -0.25) is 4.79 Å². The summed E-state index contributed by atoms with van der Waals surface area (Å²) in [7, 11) is 1.66. The fraction of sp³-hybridized carbons (Fsp3) is 0.588. The molecule has 1 heterocycles.